The maximum atomic E-state index is 12.6. The van der Waals surface area contributed by atoms with Crippen molar-refractivity contribution in [1.29, 1.82) is 0 Å². The van der Waals surface area contributed by atoms with Crippen LogP contribution in [0.4, 0.5) is 0 Å². The van der Waals surface area contributed by atoms with Gasteiger partial charge in [0, 0.05) is 12.8 Å². The molecular formula is C46H81O10P. The van der Waals surface area contributed by atoms with Crippen molar-refractivity contribution in [2.45, 2.75) is 193 Å². The zero-order chi connectivity index (χ0) is 41.9. The molecule has 0 heterocycles. The van der Waals surface area contributed by atoms with Gasteiger partial charge in [0.15, 0.2) is 6.10 Å². The molecule has 0 aliphatic heterocycles. The summed E-state index contributed by atoms with van der Waals surface area (Å²) in [5, 5.41) is 18.3. The number of carbonyl (C=O) groups is 2. The topological polar surface area (TPSA) is 149 Å². The van der Waals surface area contributed by atoms with Crippen molar-refractivity contribution in [3.63, 3.8) is 0 Å². The summed E-state index contributed by atoms with van der Waals surface area (Å²) in [5.41, 5.74) is 0. The molecule has 0 aromatic rings. The van der Waals surface area contributed by atoms with Crippen LogP contribution in [0.5, 0.6) is 0 Å². The summed E-state index contributed by atoms with van der Waals surface area (Å²) in [4.78, 5) is 35.0. The van der Waals surface area contributed by atoms with Crippen molar-refractivity contribution in [1.82, 2.24) is 0 Å². The Kier molecular flexibility index (Phi) is 40.1. The molecule has 0 saturated heterocycles. The van der Waals surface area contributed by atoms with Crippen LogP contribution in [0, 0.1) is 0 Å². The Bertz CT molecular complexity index is 1130. The first-order valence-electron chi connectivity index (χ1n) is 22.2. The van der Waals surface area contributed by atoms with Crippen LogP contribution < -0.4 is 0 Å². The van der Waals surface area contributed by atoms with Gasteiger partial charge in [-0.05, 0) is 77.0 Å². The average Bonchev–Trinajstić information content (AvgIpc) is 3.20. The van der Waals surface area contributed by atoms with Gasteiger partial charge in [0.2, 0.25) is 0 Å². The highest BCUT2D eigenvalue weighted by atomic mass is 31.2. The van der Waals surface area contributed by atoms with Gasteiger partial charge in [0.1, 0.15) is 12.7 Å². The van der Waals surface area contributed by atoms with Crippen molar-refractivity contribution in [2.24, 2.45) is 0 Å². The quantitative estimate of drug-likeness (QED) is 0.0235. The number of phosphoric acid groups is 1. The van der Waals surface area contributed by atoms with E-state index in [1.54, 1.807) is 0 Å². The molecule has 10 nitrogen and oxygen atoms in total. The first-order valence-corrected chi connectivity index (χ1v) is 23.7. The maximum absolute atomic E-state index is 12.6. The van der Waals surface area contributed by atoms with Crippen LogP contribution in [-0.2, 0) is 32.7 Å². The molecule has 0 fully saturated rings. The first-order chi connectivity index (χ1) is 27.7. The standard InChI is InChI=1S/C46H81O10P/c1-3-5-7-9-11-13-15-17-19-21-23-25-27-29-31-33-35-37-45(49)53-41-44(42-55-57(51,52)54-40-43(48)39-47)56-46(50)38-36-34-32-30-28-26-24-22-20-18-16-14-12-10-8-6-4-2/h7,9,13-16,19,21,25,27,43-44,47-48H,3-6,8,10-12,17-18,20,22-24,26,28-42H2,1-2H3,(H,51,52)/b9-7+,15-13+,16-14+,21-19+,27-25+/t43-,44+/m0/s1. The fourth-order valence-electron chi connectivity index (χ4n) is 5.68. The van der Waals surface area contributed by atoms with E-state index < -0.39 is 51.8 Å². The summed E-state index contributed by atoms with van der Waals surface area (Å²) in [6, 6.07) is 0. The number of ether oxygens (including phenoxy) is 2. The lowest BCUT2D eigenvalue weighted by Crippen LogP contribution is -2.29. The van der Waals surface area contributed by atoms with Crippen LogP contribution in [-0.4, -0.2) is 65.7 Å². The van der Waals surface area contributed by atoms with E-state index in [9.17, 15) is 24.2 Å². The molecule has 0 rings (SSSR count). The van der Waals surface area contributed by atoms with Gasteiger partial charge < -0.3 is 24.6 Å². The van der Waals surface area contributed by atoms with Crippen molar-refractivity contribution in [3.05, 3.63) is 60.8 Å². The van der Waals surface area contributed by atoms with E-state index in [1.807, 2.05) is 0 Å². The molecule has 1 unspecified atom stereocenters. The van der Waals surface area contributed by atoms with Gasteiger partial charge in [0.05, 0.1) is 19.8 Å². The maximum Gasteiger partial charge on any atom is 0.472 e. The number of carbonyl (C=O) groups excluding carboxylic acids is 2. The second-order valence-corrected chi connectivity index (χ2v) is 16.2. The molecule has 0 aromatic carbocycles. The summed E-state index contributed by atoms with van der Waals surface area (Å²) >= 11 is 0. The number of rotatable bonds is 41. The monoisotopic (exact) mass is 825 g/mol. The van der Waals surface area contributed by atoms with Crippen LogP contribution in [0.25, 0.3) is 0 Å². The Morgan fingerprint density at radius 3 is 1.47 bits per heavy atom. The molecule has 0 spiro atoms. The fraction of sp³-hybridized carbons (Fsp3) is 0.739. The van der Waals surface area contributed by atoms with Gasteiger partial charge in [-0.15, -0.1) is 0 Å². The molecule has 11 heteroatoms. The Morgan fingerprint density at radius 2 is 0.947 bits per heavy atom. The lowest BCUT2D eigenvalue weighted by Gasteiger charge is -2.20. The zero-order valence-corrected chi connectivity index (χ0v) is 36.7. The third kappa shape index (κ3) is 41.6. The lowest BCUT2D eigenvalue weighted by molar-refractivity contribution is -0.161. The summed E-state index contributed by atoms with van der Waals surface area (Å²) in [5.74, 6) is -0.965. The summed E-state index contributed by atoms with van der Waals surface area (Å²) in [7, 11) is -4.63. The summed E-state index contributed by atoms with van der Waals surface area (Å²) < 4.78 is 32.7. The van der Waals surface area contributed by atoms with Crippen molar-refractivity contribution in [3.8, 4) is 0 Å². The fourth-order valence-corrected chi connectivity index (χ4v) is 6.47. The Balaban J connectivity index is 4.34. The largest absolute Gasteiger partial charge is 0.472 e. The smallest absolute Gasteiger partial charge is 0.462 e. The third-order valence-corrected chi connectivity index (χ3v) is 10.1. The molecule has 0 aliphatic rings. The number of allylic oxidation sites excluding steroid dienone is 10. The predicted octanol–water partition coefficient (Wildman–Crippen LogP) is 11.9. The predicted molar refractivity (Wildman–Crippen MR) is 233 cm³/mol. The number of unbranched alkanes of at least 4 members (excludes halogenated alkanes) is 17. The number of esters is 2. The molecule has 3 atom stereocenters. The van der Waals surface area contributed by atoms with Crippen molar-refractivity contribution < 1.29 is 47.8 Å². The van der Waals surface area contributed by atoms with E-state index in [1.165, 1.54) is 77.0 Å². The molecule has 0 amide bonds. The van der Waals surface area contributed by atoms with Crippen LogP contribution in [0.3, 0.4) is 0 Å². The van der Waals surface area contributed by atoms with E-state index in [0.29, 0.717) is 12.8 Å². The molecule has 57 heavy (non-hydrogen) atoms. The normalized spacial score (nSPS) is 14.4. The Labute approximate surface area is 346 Å². The second kappa shape index (κ2) is 41.8. The van der Waals surface area contributed by atoms with E-state index in [4.69, 9.17) is 19.1 Å². The number of phosphoric ester groups is 1. The van der Waals surface area contributed by atoms with Gasteiger partial charge in [-0.1, -0.05) is 152 Å². The molecule has 0 aromatic heterocycles. The Hall–Kier alpha value is -2.33. The van der Waals surface area contributed by atoms with Crippen molar-refractivity contribution >= 4 is 19.8 Å². The first kappa shape index (κ1) is 54.7. The molecular weight excluding hydrogens is 743 g/mol. The van der Waals surface area contributed by atoms with E-state index in [0.717, 1.165) is 64.2 Å². The highest BCUT2D eigenvalue weighted by molar-refractivity contribution is 7.47. The highest BCUT2D eigenvalue weighted by Gasteiger charge is 2.27. The van der Waals surface area contributed by atoms with Crippen LogP contribution in [0.15, 0.2) is 60.8 Å². The number of aliphatic hydroxyl groups excluding tert-OH is 2. The molecule has 3 N–H and O–H groups in total. The number of hydrogen-bond donors (Lipinski definition) is 3. The van der Waals surface area contributed by atoms with Gasteiger partial charge in [-0.3, -0.25) is 18.6 Å². The summed E-state index contributed by atoms with van der Waals surface area (Å²) in [6.07, 6.45) is 46.1. The second-order valence-electron chi connectivity index (χ2n) is 14.7. The van der Waals surface area contributed by atoms with Gasteiger partial charge in [-0.25, -0.2) is 4.57 Å². The molecule has 0 bridgehead atoms. The minimum absolute atomic E-state index is 0.173. The minimum atomic E-state index is -4.63. The zero-order valence-electron chi connectivity index (χ0n) is 35.8. The third-order valence-electron chi connectivity index (χ3n) is 9.13. The molecule has 330 valence electrons. The van der Waals surface area contributed by atoms with E-state index >= 15 is 0 Å². The van der Waals surface area contributed by atoms with Crippen LogP contribution in [0.1, 0.15) is 181 Å². The van der Waals surface area contributed by atoms with E-state index in [2.05, 4.69) is 79.1 Å². The summed E-state index contributed by atoms with van der Waals surface area (Å²) in [6.45, 7) is 2.26. The Morgan fingerprint density at radius 1 is 0.526 bits per heavy atom. The number of hydrogen-bond acceptors (Lipinski definition) is 9. The molecule has 0 saturated carbocycles. The van der Waals surface area contributed by atoms with Crippen LogP contribution in [0.2, 0.25) is 0 Å². The van der Waals surface area contributed by atoms with Gasteiger partial charge >= 0.3 is 19.8 Å². The SMILES string of the molecule is CCC/C=C/C/C=C/C/C=C/C/C=C/CCCCCC(=O)OC[C@H](COP(=O)(O)OC[C@@H](O)CO)OC(=O)CCCCCCCCCCC/C=C/CCCCCC. The van der Waals surface area contributed by atoms with Gasteiger partial charge in [0.25, 0.3) is 0 Å². The lowest BCUT2D eigenvalue weighted by atomic mass is 10.1. The minimum Gasteiger partial charge on any atom is -0.462 e. The molecule has 0 radical (unpaired) electrons. The molecule has 0 aliphatic carbocycles. The van der Waals surface area contributed by atoms with Gasteiger partial charge in [-0.2, -0.15) is 0 Å². The van der Waals surface area contributed by atoms with Crippen molar-refractivity contribution in [2.75, 3.05) is 26.4 Å². The number of aliphatic hydroxyl groups is 2. The highest BCUT2D eigenvalue weighted by Crippen LogP contribution is 2.43. The van der Waals surface area contributed by atoms with E-state index in [-0.39, 0.29) is 19.4 Å². The van der Waals surface area contributed by atoms with Crippen LogP contribution >= 0.6 is 7.82 Å². The average molecular weight is 825 g/mol.